The second kappa shape index (κ2) is 6.16. The fourth-order valence-corrected chi connectivity index (χ4v) is 4.69. The van der Waals surface area contributed by atoms with Gasteiger partial charge in [0.2, 0.25) is 0 Å². The van der Waals surface area contributed by atoms with Crippen LogP contribution in [0.1, 0.15) is 35.8 Å². The zero-order chi connectivity index (χ0) is 17.5. The molecule has 1 aromatic carbocycles. The molecule has 1 aliphatic carbocycles. The van der Waals surface area contributed by atoms with Gasteiger partial charge in [-0.05, 0) is 12.5 Å². The first-order valence-corrected chi connectivity index (χ1v) is 8.77. The third kappa shape index (κ3) is 2.67. The predicted molar refractivity (Wildman–Crippen MR) is 94.8 cm³/mol. The Morgan fingerprint density at radius 3 is 2.40 bits per heavy atom. The van der Waals surface area contributed by atoms with Crippen molar-refractivity contribution in [2.24, 2.45) is 5.41 Å². The predicted octanol–water partition coefficient (Wildman–Crippen LogP) is 3.11. The van der Waals surface area contributed by atoms with E-state index >= 15 is 0 Å². The summed E-state index contributed by atoms with van der Waals surface area (Å²) < 4.78 is 11.3. The highest BCUT2D eigenvalue weighted by molar-refractivity contribution is 5.29. The Bertz CT molecular complexity index is 738. The molecule has 0 amide bonds. The number of hydrogen-bond donors (Lipinski definition) is 0. The summed E-state index contributed by atoms with van der Waals surface area (Å²) in [7, 11) is 3.49. The number of benzene rings is 1. The molecular weight excluding hydrogens is 314 g/mol. The number of ether oxygens (including phenoxy) is 2. The van der Waals surface area contributed by atoms with Crippen LogP contribution >= 0.6 is 0 Å². The third-order valence-electron chi connectivity index (χ3n) is 5.90. The number of aromatic nitrogens is 2. The minimum Gasteiger partial charge on any atom is -0.353 e. The van der Waals surface area contributed by atoms with Gasteiger partial charge in [-0.15, -0.1) is 0 Å². The van der Waals surface area contributed by atoms with Gasteiger partial charge < -0.3 is 9.47 Å². The number of likely N-dealkylation sites (tertiary alicyclic amines) is 1. The van der Waals surface area contributed by atoms with Gasteiger partial charge in [0.15, 0.2) is 5.79 Å². The van der Waals surface area contributed by atoms with Gasteiger partial charge in [-0.1, -0.05) is 30.3 Å². The molecule has 132 valence electrons. The summed E-state index contributed by atoms with van der Waals surface area (Å²) in [5, 5.41) is 0. The van der Waals surface area contributed by atoms with Crippen molar-refractivity contribution in [3.05, 3.63) is 59.7 Å². The Morgan fingerprint density at radius 2 is 1.76 bits per heavy atom. The summed E-state index contributed by atoms with van der Waals surface area (Å²) in [6, 6.07) is 11.1. The number of hydrogen-bond acceptors (Lipinski definition) is 5. The summed E-state index contributed by atoms with van der Waals surface area (Å²) in [6.45, 7) is 3.89. The Hall–Kier alpha value is -1.82. The highest BCUT2D eigenvalue weighted by Gasteiger charge is 2.66. The average molecular weight is 339 g/mol. The zero-order valence-electron chi connectivity index (χ0n) is 15.1. The molecule has 0 N–H and O–H groups in total. The van der Waals surface area contributed by atoms with E-state index in [1.54, 1.807) is 26.6 Å². The van der Waals surface area contributed by atoms with E-state index < -0.39 is 5.79 Å². The molecule has 5 nitrogen and oxygen atoms in total. The van der Waals surface area contributed by atoms with Gasteiger partial charge in [-0.2, -0.15) is 0 Å². The molecule has 1 spiro atoms. The molecule has 1 saturated heterocycles. The largest absolute Gasteiger partial charge is 0.353 e. The first-order valence-electron chi connectivity index (χ1n) is 8.77. The lowest BCUT2D eigenvalue weighted by molar-refractivity contribution is -0.337. The first-order chi connectivity index (χ1) is 12.1. The van der Waals surface area contributed by atoms with E-state index in [1.165, 1.54) is 5.56 Å². The van der Waals surface area contributed by atoms with Crippen LogP contribution in [0.15, 0.2) is 42.7 Å². The van der Waals surface area contributed by atoms with Crippen molar-refractivity contribution < 1.29 is 9.47 Å². The Balaban J connectivity index is 1.59. The van der Waals surface area contributed by atoms with Crippen molar-refractivity contribution in [3.63, 3.8) is 0 Å². The lowest BCUT2D eigenvalue weighted by Crippen LogP contribution is -2.69. The lowest BCUT2D eigenvalue weighted by atomic mass is 9.53. The van der Waals surface area contributed by atoms with Gasteiger partial charge in [0.1, 0.15) is 0 Å². The molecule has 1 aliphatic heterocycles. The van der Waals surface area contributed by atoms with E-state index in [9.17, 15) is 0 Å². The van der Waals surface area contributed by atoms with Gasteiger partial charge in [0.25, 0.3) is 0 Å². The number of methoxy groups -OCH3 is 2. The van der Waals surface area contributed by atoms with E-state index in [0.717, 1.165) is 37.3 Å². The van der Waals surface area contributed by atoms with E-state index in [0.29, 0.717) is 6.04 Å². The minimum atomic E-state index is -0.415. The first kappa shape index (κ1) is 16.6. The van der Waals surface area contributed by atoms with Crippen LogP contribution < -0.4 is 0 Å². The summed E-state index contributed by atoms with van der Waals surface area (Å²) in [5.74, 6) is -0.415. The summed E-state index contributed by atoms with van der Waals surface area (Å²) in [4.78, 5) is 11.4. The maximum absolute atomic E-state index is 5.65. The normalized spacial score (nSPS) is 23.9. The zero-order valence-corrected chi connectivity index (χ0v) is 15.1. The maximum atomic E-state index is 5.65. The topological polar surface area (TPSA) is 47.5 Å². The number of rotatable bonds is 5. The van der Waals surface area contributed by atoms with Gasteiger partial charge in [-0.3, -0.25) is 14.9 Å². The molecule has 25 heavy (non-hydrogen) atoms. The quantitative estimate of drug-likeness (QED) is 0.784. The summed E-state index contributed by atoms with van der Waals surface area (Å²) in [6.07, 6.45) is 5.40. The van der Waals surface area contributed by atoms with Crippen LogP contribution in [0.5, 0.6) is 0 Å². The van der Waals surface area contributed by atoms with Crippen LogP contribution in [0.4, 0.5) is 0 Å². The molecule has 5 heteroatoms. The molecule has 1 aromatic heterocycles. The van der Waals surface area contributed by atoms with Crippen LogP contribution in [0.3, 0.4) is 0 Å². The fourth-order valence-electron chi connectivity index (χ4n) is 4.69. The summed E-state index contributed by atoms with van der Waals surface area (Å²) in [5.41, 5.74) is 3.65. The molecular formula is C20H25N3O2. The average Bonchev–Trinajstić information content (AvgIpc) is 2.59. The van der Waals surface area contributed by atoms with E-state index in [1.807, 2.05) is 6.92 Å². The molecule has 2 aliphatic rings. The Kier molecular flexibility index (Phi) is 4.10. The van der Waals surface area contributed by atoms with Crippen LogP contribution in [0, 0.1) is 12.3 Å². The molecule has 2 heterocycles. The second-order valence-corrected chi connectivity index (χ2v) is 7.34. The van der Waals surface area contributed by atoms with Gasteiger partial charge in [-0.25, -0.2) is 0 Å². The SMILES string of the molecule is COC1(OC)CC2(CN(Cc3nccnc3C)C2c2ccccc2)C1. The fraction of sp³-hybridized carbons (Fsp3) is 0.500. The molecule has 0 radical (unpaired) electrons. The second-order valence-electron chi connectivity index (χ2n) is 7.34. The monoisotopic (exact) mass is 339 g/mol. The van der Waals surface area contributed by atoms with Crippen molar-refractivity contribution >= 4 is 0 Å². The standard InChI is InChI=1S/C20H25N3O2/c1-15-17(22-10-9-21-15)11-23-14-19(12-20(13-19,24-2)25-3)18(23)16-7-5-4-6-8-16/h4-10,18H,11-14H2,1-3H3. The number of aryl methyl sites for hydroxylation is 1. The third-order valence-corrected chi connectivity index (χ3v) is 5.90. The molecule has 2 aromatic rings. The van der Waals surface area contributed by atoms with Crippen molar-refractivity contribution in [2.75, 3.05) is 20.8 Å². The molecule has 4 rings (SSSR count). The highest BCUT2D eigenvalue weighted by atomic mass is 16.7. The summed E-state index contributed by atoms with van der Waals surface area (Å²) >= 11 is 0. The van der Waals surface area contributed by atoms with Gasteiger partial charge in [0, 0.05) is 64.0 Å². The van der Waals surface area contributed by atoms with Crippen LogP contribution in [-0.2, 0) is 16.0 Å². The van der Waals surface area contributed by atoms with E-state index in [4.69, 9.17) is 9.47 Å². The van der Waals surface area contributed by atoms with Gasteiger partial charge in [0.05, 0.1) is 11.4 Å². The van der Waals surface area contributed by atoms with Crippen molar-refractivity contribution in [3.8, 4) is 0 Å². The maximum Gasteiger partial charge on any atom is 0.168 e. The smallest absolute Gasteiger partial charge is 0.168 e. The Morgan fingerprint density at radius 1 is 1.08 bits per heavy atom. The molecule has 2 fully saturated rings. The van der Waals surface area contributed by atoms with E-state index in [2.05, 4.69) is 45.2 Å². The van der Waals surface area contributed by atoms with Crippen LogP contribution in [0.25, 0.3) is 0 Å². The minimum absolute atomic E-state index is 0.226. The molecule has 0 bridgehead atoms. The van der Waals surface area contributed by atoms with Crippen molar-refractivity contribution in [2.45, 2.75) is 38.1 Å². The van der Waals surface area contributed by atoms with Crippen LogP contribution in [0.2, 0.25) is 0 Å². The van der Waals surface area contributed by atoms with Crippen molar-refractivity contribution in [1.82, 2.24) is 14.9 Å². The molecule has 1 saturated carbocycles. The molecule has 1 atom stereocenters. The number of nitrogens with zero attached hydrogens (tertiary/aromatic N) is 3. The molecule has 1 unspecified atom stereocenters. The Labute approximate surface area is 149 Å². The van der Waals surface area contributed by atoms with E-state index in [-0.39, 0.29) is 5.41 Å². The van der Waals surface area contributed by atoms with Crippen LogP contribution in [-0.4, -0.2) is 41.4 Å². The van der Waals surface area contributed by atoms with Gasteiger partial charge >= 0.3 is 0 Å². The highest BCUT2D eigenvalue weighted by Crippen LogP contribution is 2.65. The van der Waals surface area contributed by atoms with Crippen molar-refractivity contribution in [1.29, 1.82) is 0 Å². The lowest BCUT2D eigenvalue weighted by Gasteiger charge is -2.67.